The summed E-state index contributed by atoms with van der Waals surface area (Å²) in [5.41, 5.74) is 0. The minimum Gasteiger partial charge on any atom is -0.467 e. The van der Waals surface area contributed by atoms with Crippen LogP contribution in [0.5, 0.6) is 0 Å². The minimum atomic E-state index is -0.214. The van der Waals surface area contributed by atoms with Crippen LogP contribution in [0, 0.1) is 0 Å². The average molecular weight is 167 g/mol. The number of rotatable bonds is 1. The Morgan fingerprint density at radius 3 is 3.42 bits per heavy atom. The summed E-state index contributed by atoms with van der Waals surface area (Å²) in [6.07, 6.45) is 3.15. The van der Waals surface area contributed by atoms with E-state index in [1.807, 2.05) is 0 Å². The Bertz CT molecular complexity index is 307. The molecule has 2 rings (SSSR count). The molecule has 1 aliphatic heterocycles. The molecule has 1 atom stereocenters. The smallest absolute Gasteiger partial charge is 0.328 e. The zero-order chi connectivity index (χ0) is 8.55. The predicted molar refractivity (Wildman–Crippen MR) is 39.4 cm³/mol. The summed E-state index contributed by atoms with van der Waals surface area (Å²) in [5.74, 6) is 0.652. The highest BCUT2D eigenvalue weighted by molar-refractivity contribution is 5.74. The maximum Gasteiger partial charge on any atom is 0.328 e. The number of hydrogen-bond donors (Lipinski definition) is 0. The number of aromatic nitrogens is 3. The Labute approximate surface area is 69.4 Å². The summed E-state index contributed by atoms with van der Waals surface area (Å²) < 4.78 is 6.41. The first kappa shape index (κ1) is 7.27. The van der Waals surface area contributed by atoms with Crippen molar-refractivity contribution in [2.45, 2.75) is 18.9 Å². The molecule has 12 heavy (non-hydrogen) atoms. The molecular weight excluding hydrogens is 158 g/mol. The molecule has 0 aliphatic carbocycles. The summed E-state index contributed by atoms with van der Waals surface area (Å²) in [5, 5.41) is 7.58. The van der Waals surface area contributed by atoms with Crippen molar-refractivity contribution in [3.8, 4) is 0 Å². The van der Waals surface area contributed by atoms with E-state index in [-0.39, 0.29) is 12.0 Å². The lowest BCUT2D eigenvalue weighted by Gasteiger charge is -2.07. The number of carbonyl (C=O) groups excluding carboxylic acids is 1. The van der Waals surface area contributed by atoms with Gasteiger partial charge in [0.2, 0.25) is 0 Å². The van der Waals surface area contributed by atoms with Crippen molar-refractivity contribution in [1.29, 1.82) is 0 Å². The quantitative estimate of drug-likeness (QED) is 0.550. The standard InChI is InChI=1S/C7H9N3O2/c1-12-7(11)5-2-3-6-9-8-4-10(5)6/h4-5H,2-3H2,1H3/t5-/m1/s1. The highest BCUT2D eigenvalue weighted by Crippen LogP contribution is 2.24. The van der Waals surface area contributed by atoms with Crippen LogP contribution < -0.4 is 0 Å². The molecule has 1 aromatic rings. The van der Waals surface area contributed by atoms with Crippen LogP contribution in [-0.2, 0) is 16.0 Å². The van der Waals surface area contributed by atoms with Crippen LogP contribution in [0.25, 0.3) is 0 Å². The molecule has 64 valence electrons. The second kappa shape index (κ2) is 2.58. The molecule has 0 aromatic carbocycles. The predicted octanol–water partition coefficient (Wildman–Crippen LogP) is -0.0616. The Balaban J connectivity index is 2.28. The number of carbonyl (C=O) groups is 1. The number of ether oxygens (including phenoxy) is 1. The molecule has 0 amide bonds. The lowest BCUT2D eigenvalue weighted by Crippen LogP contribution is -2.16. The Morgan fingerprint density at radius 1 is 1.83 bits per heavy atom. The molecule has 5 nitrogen and oxygen atoms in total. The monoisotopic (exact) mass is 167 g/mol. The highest BCUT2D eigenvalue weighted by Gasteiger charge is 2.29. The first-order chi connectivity index (χ1) is 5.83. The molecular formula is C7H9N3O2. The molecule has 1 aromatic heterocycles. The van der Waals surface area contributed by atoms with Gasteiger partial charge in [0.05, 0.1) is 7.11 Å². The molecule has 0 N–H and O–H groups in total. The van der Waals surface area contributed by atoms with Crippen LogP contribution >= 0.6 is 0 Å². The van der Waals surface area contributed by atoms with Crippen molar-refractivity contribution < 1.29 is 9.53 Å². The number of nitrogens with zero attached hydrogens (tertiary/aromatic N) is 3. The van der Waals surface area contributed by atoms with Gasteiger partial charge in [-0.2, -0.15) is 0 Å². The third-order valence-corrected chi connectivity index (χ3v) is 2.10. The van der Waals surface area contributed by atoms with E-state index in [9.17, 15) is 4.79 Å². The first-order valence-electron chi connectivity index (χ1n) is 3.79. The van der Waals surface area contributed by atoms with Crippen LogP contribution in [0.4, 0.5) is 0 Å². The van der Waals surface area contributed by atoms with Crippen molar-refractivity contribution in [1.82, 2.24) is 14.8 Å². The van der Waals surface area contributed by atoms with E-state index in [0.717, 1.165) is 18.7 Å². The van der Waals surface area contributed by atoms with Gasteiger partial charge in [-0.3, -0.25) is 0 Å². The van der Waals surface area contributed by atoms with Gasteiger partial charge in [-0.25, -0.2) is 4.79 Å². The summed E-state index contributed by atoms with van der Waals surface area (Å²) in [6.45, 7) is 0. The molecule has 5 heteroatoms. The van der Waals surface area contributed by atoms with Gasteiger partial charge < -0.3 is 9.30 Å². The van der Waals surface area contributed by atoms with Gasteiger partial charge in [-0.15, -0.1) is 10.2 Å². The first-order valence-corrected chi connectivity index (χ1v) is 3.79. The third-order valence-electron chi connectivity index (χ3n) is 2.10. The third kappa shape index (κ3) is 0.895. The average Bonchev–Trinajstić information content (AvgIpc) is 2.62. The maximum atomic E-state index is 11.2. The van der Waals surface area contributed by atoms with E-state index in [1.54, 1.807) is 10.9 Å². The summed E-state index contributed by atoms with van der Waals surface area (Å²) in [4.78, 5) is 11.2. The van der Waals surface area contributed by atoms with Gasteiger partial charge in [0.1, 0.15) is 18.2 Å². The van der Waals surface area contributed by atoms with Crippen molar-refractivity contribution in [3.63, 3.8) is 0 Å². The number of aryl methyl sites for hydroxylation is 1. The maximum absolute atomic E-state index is 11.2. The highest BCUT2D eigenvalue weighted by atomic mass is 16.5. The van der Waals surface area contributed by atoms with Gasteiger partial charge in [-0.1, -0.05) is 0 Å². The fraction of sp³-hybridized carbons (Fsp3) is 0.571. The number of methoxy groups -OCH3 is 1. The van der Waals surface area contributed by atoms with Gasteiger partial charge in [0.25, 0.3) is 0 Å². The summed E-state index contributed by atoms with van der Waals surface area (Å²) in [7, 11) is 1.39. The second-order valence-electron chi connectivity index (χ2n) is 2.73. The van der Waals surface area contributed by atoms with Crippen LogP contribution in [-0.4, -0.2) is 27.8 Å². The normalized spacial score (nSPS) is 20.6. The largest absolute Gasteiger partial charge is 0.467 e. The van der Waals surface area contributed by atoms with Crippen LogP contribution in [0.3, 0.4) is 0 Å². The lowest BCUT2D eigenvalue weighted by atomic mass is 10.2. The van der Waals surface area contributed by atoms with E-state index in [1.165, 1.54) is 7.11 Å². The van der Waals surface area contributed by atoms with Gasteiger partial charge >= 0.3 is 5.97 Å². The van der Waals surface area contributed by atoms with E-state index in [0.29, 0.717) is 0 Å². The van der Waals surface area contributed by atoms with E-state index in [2.05, 4.69) is 14.9 Å². The van der Waals surface area contributed by atoms with Crippen molar-refractivity contribution in [2.24, 2.45) is 0 Å². The molecule has 2 heterocycles. The zero-order valence-electron chi connectivity index (χ0n) is 6.73. The van der Waals surface area contributed by atoms with E-state index >= 15 is 0 Å². The molecule has 0 fully saturated rings. The van der Waals surface area contributed by atoms with Gasteiger partial charge in [-0.05, 0) is 6.42 Å². The SMILES string of the molecule is COC(=O)[C@H]1CCc2nncn21. The van der Waals surface area contributed by atoms with Crippen molar-refractivity contribution in [2.75, 3.05) is 7.11 Å². The van der Waals surface area contributed by atoms with Crippen molar-refractivity contribution in [3.05, 3.63) is 12.2 Å². The zero-order valence-corrected chi connectivity index (χ0v) is 6.73. The number of esters is 1. The number of fused-ring (bicyclic) bond motifs is 1. The second-order valence-corrected chi connectivity index (χ2v) is 2.73. The molecule has 0 saturated carbocycles. The van der Waals surface area contributed by atoms with Gasteiger partial charge in [0.15, 0.2) is 0 Å². The van der Waals surface area contributed by atoms with E-state index in [4.69, 9.17) is 0 Å². The molecule has 1 aliphatic rings. The Hall–Kier alpha value is -1.39. The summed E-state index contributed by atoms with van der Waals surface area (Å²) in [6, 6.07) is -0.208. The lowest BCUT2D eigenvalue weighted by molar-refractivity contribution is -0.144. The Kier molecular flexibility index (Phi) is 1.56. The van der Waals surface area contributed by atoms with Crippen LogP contribution in [0.2, 0.25) is 0 Å². The Morgan fingerprint density at radius 2 is 2.67 bits per heavy atom. The van der Waals surface area contributed by atoms with E-state index < -0.39 is 0 Å². The molecule has 0 spiro atoms. The minimum absolute atomic E-state index is 0.208. The molecule has 0 bridgehead atoms. The van der Waals surface area contributed by atoms with Gasteiger partial charge in [0, 0.05) is 6.42 Å². The number of hydrogen-bond acceptors (Lipinski definition) is 4. The fourth-order valence-corrected chi connectivity index (χ4v) is 1.48. The molecule has 0 saturated heterocycles. The summed E-state index contributed by atoms with van der Waals surface area (Å²) >= 11 is 0. The van der Waals surface area contributed by atoms with Crippen LogP contribution in [0.1, 0.15) is 18.3 Å². The fourth-order valence-electron chi connectivity index (χ4n) is 1.48. The topological polar surface area (TPSA) is 57.0 Å². The molecule has 0 radical (unpaired) electrons. The van der Waals surface area contributed by atoms with Crippen molar-refractivity contribution >= 4 is 5.97 Å². The molecule has 0 unspecified atom stereocenters. The van der Waals surface area contributed by atoms with Crippen LogP contribution in [0.15, 0.2) is 6.33 Å².